The lowest BCUT2D eigenvalue weighted by Crippen LogP contribution is -2.50. The Morgan fingerprint density at radius 2 is 2.00 bits per heavy atom. The number of fused-ring (bicyclic) bond motifs is 1. The third-order valence-electron chi connectivity index (χ3n) is 6.42. The summed E-state index contributed by atoms with van der Waals surface area (Å²) in [6.07, 6.45) is 5.39. The zero-order valence-corrected chi connectivity index (χ0v) is 17.6. The summed E-state index contributed by atoms with van der Waals surface area (Å²) in [6.45, 7) is 4.52. The highest BCUT2D eigenvalue weighted by molar-refractivity contribution is 6.43. The molecule has 29 heavy (non-hydrogen) atoms. The highest BCUT2D eigenvalue weighted by atomic mass is 35.5. The van der Waals surface area contributed by atoms with Gasteiger partial charge in [0, 0.05) is 30.1 Å². The maximum Gasteiger partial charge on any atom is 0.199 e. The first kappa shape index (κ1) is 19.1. The summed E-state index contributed by atoms with van der Waals surface area (Å²) >= 11 is 12.6. The molecular formula is C20H22Cl2N6O. The fraction of sp³-hybridized carbons (Fsp3) is 0.450. The third kappa shape index (κ3) is 2.99. The summed E-state index contributed by atoms with van der Waals surface area (Å²) in [5.41, 5.74) is 8.74. The molecule has 2 aromatic heterocycles. The van der Waals surface area contributed by atoms with Crippen molar-refractivity contribution in [3.63, 3.8) is 0 Å². The summed E-state index contributed by atoms with van der Waals surface area (Å²) < 4.78 is 7.61. The molecule has 3 aromatic rings. The van der Waals surface area contributed by atoms with E-state index in [9.17, 15) is 0 Å². The molecule has 0 amide bonds. The average molecular weight is 433 g/mol. The highest BCUT2D eigenvalue weighted by Crippen LogP contribution is 2.42. The van der Waals surface area contributed by atoms with Crippen molar-refractivity contribution in [2.75, 3.05) is 24.6 Å². The normalized spacial score (nSPS) is 23.9. The van der Waals surface area contributed by atoms with Crippen LogP contribution in [0.5, 0.6) is 0 Å². The molecule has 2 aliphatic heterocycles. The Balaban J connectivity index is 1.47. The number of hydrogen-bond acceptors (Lipinski definition) is 6. The van der Waals surface area contributed by atoms with Crippen LogP contribution >= 0.6 is 23.2 Å². The Morgan fingerprint density at radius 3 is 2.72 bits per heavy atom. The lowest BCUT2D eigenvalue weighted by atomic mass is 9.73. The molecule has 0 saturated carbocycles. The van der Waals surface area contributed by atoms with Gasteiger partial charge in [0.1, 0.15) is 6.33 Å². The second kappa shape index (κ2) is 7.09. The molecule has 0 aliphatic carbocycles. The van der Waals surface area contributed by atoms with Gasteiger partial charge in [-0.1, -0.05) is 35.3 Å². The van der Waals surface area contributed by atoms with Gasteiger partial charge in [-0.15, -0.1) is 0 Å². The molecule has 2 aliphatic rings. The third-order valence-corrected chi connectivity index (χ3v) is 7.24. The lowest BCUT2D eigenvalue weighted by Gasteiger charge is -2.41. The maximum atomic E-state index is 6.45. The molecule has 1 aromatic carbocycles. The smallest absolute Gasteiger partial charge is 0.199 e. The maximum absolute atomic E-state index is 6.45. The molecule has 1 spiro atoms. The lowest BCUT2D eigenvalue weighted by molar-refractivity contribution is 0.0974. The van der Waals surface area contributed by atoms with Crippen LogP contribution in [-0.2, 0) is 4.74 Å². The molecule has 4 heterocycles. The van der Waals surface area contributed by atoms with E-state index in [0.717, 1.165) is 49.6 Å². The first-order valence-electron chi connectivity index (χ1n) is 9.75. The Morgan fingerprint density at radius 1 is 1.21 bits per heavy atom. The number of hydrogen-bond donors (Lipinski definition) is 1. The Bertz CT molecular complexity index is 1060. The quantitative estimate of drug-likeness (QED) is 0.667. The molecule has 2 N–H and O–H groups in total. The van der Waals surface area contributed by atoms with Gasteiger partial charge >= 0.3 is 0 Å². The molecule has 2 atom stereocenters. The van der Waals surface area contributed by atoms with Crippen molar-refractivity contribution in [2.24, 2.45) is 11.1 Å². The largest absolute Gasteiger partial charge is 0.376 e. The molecular weight excluding hydrogens is 411 g/mol. The van der Waals surface area contributed by atoms with Crippen molar-refractivity contribution in [3.05, 3.63) is 40.8 Å². The fourth-order valence-corrected chi connectivity index (χ4v) is 4.95. The van der Waals surface area contributed by atoms with Crippen molar-refractivity contribution in [1.82, 2.24) is 19.6 Å². The molecule has 0 radical (unpaired) electrons. The van der Waals surface area contributed by atoms with Crippen molar-refractivity contribution in [3.8, 4) is 11.3 Å². The molecule has 2 fully saturated rings. The number of benzene rings is 1. The van der Waals surface area contributed by atoms with Gasteiger partial charge in [-0.25, -0.2) is 14.5 Å². The minimum atomic E-state index is 0.0636. The average Bonchev–Trinajstić information content (AvgIpc) is 3.32. The molecule has 2 saturated heterocycles. The van der Waals surface area contributed by atoms with Crippen molar-refractivity contribution in [1.29, 1.82) is 0 Å². The van der Waals surface area contributed by atoms with E-state index in [-0.39, 0.29) is 17.6 Å². The summed E-state index contributed by atoms with van der Waals surface area (Å²) in [7, 11) is 0. The Labute approximate surface area is 178 Å². The predicted octanol–water partition coefficient (Wildman–Crippen LogP) is 3.43. The van der Waals surface area contributed by atoms with Crippen LogP contribution in [0, 0.1) is 5.41 Å². The van der Waals surface area contributed by atoms with Crippen molar-refractivity contribution in [2.45, 2.75) is 31.9 Å². The summed E-state index contributed by atoms with van der Waals surface area (Å²) in [4.78, 5) is 11.5. The van der Waals surface area contributed by atoms with Gasteiger partial charge in [-0.3, -0.25) is 0 Å². The number of halogens is 2. The van der Waals surface area contributed by atoms with Crippen LogP contribution in [0.2, 0.25) is 10.0 Å². The molecule has 152 valence electrons. The van der Waals surface area contributed by atoms with Gasteiger partial charge in [0.2, 0.25) is 0 Å². The van der Waals surface area contributed by atoms with Crippen LogP contribution in [0.15, 0.2) is 30.7 Å². The number of nitrogens with zero attached hydrogens (tertiary/aromatic N) is 5. The van der Waals surface area contributed by atoms with Gasteiger partial charge in [0.15, 0.2) is 11.5 Å². The fourth-order valence-electron chi connectivity index (χ4n) is 4.55. The molecule has 5 rings (SSSR count). The van der Waals surface area contributed by atoms with Gasteiger partial charge in [-0.2, -0.15) is 5.10 Å². The monoisotopic (exact) mass is 432 g/mol. The van der Waals surface area contributed by atoms with Crippen LogP contribution in [0.4, 0.5) is 5.82 Å². The zero-order chi connectivity index (χ0) is 20.2. The Hall–Kier alpha value is -1.93. The van der Waals surface area contributed by atoms with Crippen LogP contribution in [0.3, 0.4) is 0 Å². The number of aromatic nitrogens is 4. The van der Waals surface area contributed by atoms with Crippen molar-refractivity contribution >= 4 is 34.7 Å². The van der Waals surface area contributed by atoms with E-state index in [1.165, 1.54) is 6.33 Å². The van der Waals surface area contributed by atoms with Crippen LogP contribution in [-0.4, -0.2) is 51.4 Å². The first-order valence-corrected chi connectivity index (χ1v) is 10.5. The summed E-state index contributed by atoms with van der Waals surface area (Å²) in [5, 5.41) is 5.38. The second-order valence-corrected chi connectivity index (χ2v) is 8.74. The topological polar surface area (TPSA) is 81.6 Å². The van der Waals surface area contributed by atoms with E-state index in [1.54, 1.807) is 16.8 Å². The summed E-state index contributed by atoms with van der Waals surface area (Å²) in [5.74, 6) is 0.819. The minimum absolute atomic E-state index is 0.0636. The van der Waals surface area contributed by atoms with E-state index >= 15 is 0 Å². The van der Waals surface area contributed by atoms with Gasteiger partial charge in [-0.05, 0) is 25.8 Å². The number of rotatable bonds is 2. The molecule has 7 nitrogen and oxygen atoms in total. The molecule has 0 bridgehead atoms. The van der Waals surface area contributed by atoms with Gasteiger partial charge in [0.05, 0.1) is 34.6 Å². The molecule has 0 unspecified atom stereocenters. The van der Waals surface area contributed by atoms with Crippen LogP contribution in [0.1, 0.15) is 19.8 Å². The molecule has 9 heteroatoms. The predicted molar refractivity (Wildman–Crippen MR) is 114 cm³/mol. The number of ether oxygens (including phenoxy) is 1. The number of nitrogens with two attached hydrogens (primary N) is 1. The highest BCUT2D eigenvalue weighted by Gasteiger charge is 2.47. The van der Waals surface area contributed by atoms with E-state index in [0.29, 0.717) is 15.7 Å². The van der Waals surface area contributed by atoms with Crippen LogP contribution in [0.25, 0.3) is 16.9 Å². The number of anilines is 1. The van der Waals surface area contributed by atoms with E-state index < -0.39 is 0 Å². The van der Waals surface area contributed by atoms with Gasteiger partial charge in [0.25, 0.3) is 0 Å². The second-order valence-electron chi connectivity index (χ2n) is 7.96. The first-order chi connectivity index (χ1) is 14.0. The van der Waals surface area contributed by atoms with E-state index in [1.807, 2.05) is 12.1 Å². The standard InChI is InChI=1S/C20H22Cl2N6O/c1-12-17(23)20(10-29-12)5-7-27(8-6-20)18-19-25-11-26-28(19)15(9-24-18)13-3-2-4-14(21)16(13)22/h2-4,9,11-12,17H,5-8,10,23H2,1H3/t12-,17+/m0/s1. The van der Waals surface area contributed by atoms with E-state index in [4.69, 9.17) is 38.7 Å². The SMILES string of the molecule is C[C@@H]1OCC2(CCN(c3ncc(-c4cccc(Cl)c4Cl)n4ncnc34)CC2)[C@@H]1N. The van der Waals surface area contributed by atoms with Crippen LogP contribution < -0.4 is 10.6 Å². The van der Waals surface area contributed by atoms with E-state index in [2.05, 4.69) is 21.9 Å². The number of piperidine rings is 1. The van der Waals surface area contributed by atoms with Gasteiger partial charge < -0.3 is 15.4 Å². The minimum Gasteiger partial charge on any atom is -0.376 e. The zero-order valence-electron chi connectivity index (χ0n) is 16.1. The summed E-state index contributed by atoms with van der Waals surface area (Å²) in [6, 6.07) is 5.60. The Kier molecular flexibility index (Phi) is 4.66. The van der Waals surface area contributed by atoms with Crippen molar-refractivity contribution < 1.29 is 4.74 Å².